The summed E-state index contributed by atoms with van der Waals surface area (Å²) < 4.78 is 0. The summed E-state index contributed by atoms with van der Waals surface area (Å²) in [4.78, 5) is 37.3. The molecule has 1 aliphatic rings. The zero-order valence-electron chi connectivity index (χ0n) is 15.7. The van der Waals surface area contributed by atoms with Crippen molar-refractivity contribution in [2.75, 3.05) is 13.6 Å². The van der Waals surface area contributed by atoms with Gasteiger partial charge in [0.1, 0.15) is 0 Å². The van der Waals surface area contributed by atoms with Gasteiger partial charge in [0.15, 0.2) is 5.60 Å². The van der Waals surface area contributed by atoms with Gasteiger partial charge in [-0.15, -0.1) is 0 Å². The van der Waals surface area contributed by atoms with E-state index in [0.29, 0.717) is 6.04 Å². The molecule has 0 radical (unpaired) electrons. The maximum Gasteiger partial charge on any atom is 0.336 e. The highest BCUT2D eigenvalue weighted by Crippen LogP contribution is 2.31. The molecule has 2 heterocycles. The number of likely N-dealkylation sites (tertiary alicyclic amines) is 1. The molecule has 1 aromatic heterocycles. The van der Waals surface area contributed by atoms with Crippen LogP contribution in [0.3, 0.4) is 0 Å². The van der Waals surface area contributed by atoms with E-state index in [-0.39, 0.29) is 0 Å². The van der Waals surface area contributed by atoms with E-state index in [2.05, 4.69) is 36.8 Å². The van der Waals surface area contributed by atoms with Crippen LogP contribution in [0, 0.1) is 13.8 Å². The molecule has 2 rings (SSSR count). The van der Waals surface area contributed by atoms with E-state index in [9.17, 15) is 14.4 Å². The van der Waals surface area contributed by atoms with Gasteiger partial charge in [0.05, 0.1) is 12.8 Å². The number of hydrogen-bond acceptors (Lipinski definition) is 6. The Morgan fingerprint density at radius 3 is 2.15 bits per heavy atom. The summed E-state index contributed by atoms with van der Waals surface area (Å²) in [7, 11) is 2.21. The minimum Gasteiger partial charge on any atom is -0.481 e. The molecule has 0 saturated carbocycles. The van der Waals surface area contributed by atoms with E-state index in [4.69, 9.17) is 20.4 Å². The molecule has 0 unspecified atom stereocenters. The molecule has 0 aliphatic carbocycles. The van der Waals surface area contributed by atoms with Crippen molar-refractivity contribution in [3.63, 3.8) is 0 Å². The predicted octanol–water partition coefficient (Wildman–Crippen LogP) is 1.22. The van der Waals surface area contributed by atoms with Crippen LogP contribution < -0.4 is 0 Å². The van der Waals surface area contributed by atoms with Gasteiger partial charge in [-0.25, -0.2) is 4.79 Å². The molecule has 1 aliphatic heterocycles. The Hall–Kier alpha value is -2.52. The molecule has 9 nitrogen and oxygen atoms in total. The first-order chi connectivity index (χ1) is 12.5. The number of aliphatic carboxylic acids is 3. The van der Waals surface area contributed by atoms with E-state index < -0.39 is 36.4 Å². The molecule has 27 heavy (non-hydrogen) atoms. The van der Waals surface area contributed by atoms with Crippen molar-refractivity contribution >= 4 is 17.9 Å². The predicted molar refractivity (Wildman–Crippen MR) is 95.4 cm³/mol. The largest absolute Gasteiger partial charge is 0.481 e. The van der Waals surface area contributed by atoms with Crippen LogP contribution in [-0.2, 0) is 14.4 Å². The first kappa shape index (κ1) is 22.5. The molecule has 1 aromatic rings. The molecular weight excluding hydrogens is 356 g/mol. The van der Waals surface area contributed by atoms with Gasteiger partial charge in [0.2, 0.25) is 0 Å². The summed E-state index contributed by atoms with van der Waals surface area (Å²) in [5.41, 5.74) is 1.14. The van der Waals surface area contributed by atoms with Gasteiger partial charge < -0.3 is 20.4 Å². The minimum absolute atomic E-state index is 0.599. The lowest BCUT2D eigenvalue weighted by molar-refractivity contribution is -0.170. The molecule has 0 amide bonds. The quantitative estimate of drug-likeness (QED) is 0.569. The van der Waals surface area contributed by atoms with Gasteiger partial charge in [-0.3, -0.25) is 19.5 Å². The van der Waals surface area contributed by atoms with Crippen molar-refractivity contribution in [1.29, 1.82) is 0 Å². The molecule has 0 bridgehead atoms. The monoisotopic (exact) mass is 382 g/mol. The highest BCUT2D eigenvalue weighted by atomic mass is 16.4. The average Bonchev–Trinajstić information content (AvgIpc) is 2.94. The molecule has 4 N–H and O–H groups in total. The fourth-order valence-corrected chi connectivity index (χ4v) is 3.01. The lowest BCUT2D eigenvalue weighted by Crippen LogP contribution is -2.42. The van der Waals surface area contributed by atoms with E-state index in [0.717, 1.165) is 0 Å². The lowest BCUT2D eigenvalue weighted by Gasteiger charge is -2.21. The Bertz CT molecular complexity index is 689. The fraction of sp³-hybridized carbons (Fsp3) is 0.556. The van der Waals surface area contributed by atoms with Gasteiger partial charge in [-0.2, -0.15) is 0 Å². The maximum atomic E-state index is 10.3. The molecular formula is C18H26N2O7. The Labute approximate surface area is 157 Å². The van der Waals surface area contributed by atoms with Crippen molar-refractivity contribution in [1.82, 2.24) is 9.88 Å². The second-order valence-corrected chi connectivity index (χ2v) is 6.80. The normalized spacial score (nSPS) is 17.1. The fourth-order valence-electron chi connectivity index (χ4n) is 3.01. The van der Waals surface area contributed by atoms with Crippen LogP contribution in [0.25, 0.3) is 0 Å². The number of aliphatic hydroxyl groups is 1. The SMILES string of the molecule is Cc1cnc(C)c([C@@H]2CCCN2C)c1.O=C(O)CC(O)(CC(=O)O)C(=O)O. The Balaban J connectivity index is 0.000000271. The van der Waals surface area contributed by atoms with Crippen molar-refractivity contribution in [2.24, 2.45) is 0 Å². The molecule has 1 fully saturated rings. The molecule has 0 spiro atoms. The summed E-state index contributed by atoms with van der Waals surface area (Å²) in [6.07, 6.45) is 2.26. The summed E-state index contributed by atoms with van der Waals surface area (Å²) in [6, 6.07) is 2.89. The van der Waals surface area contributed by atoms with Crippen LogP contribution in [0.15, 0.2) is 12.3 Å². The van der Waals surface area contributed by atoms with Crippen molar-refractivity contribution in [2.45, 2.75) is 51.2 Å². The third-order valence-electron chi connectivity index (χ3n) is 4.43. The van der Waals surface area contributed by atoms with Gasteiger partial charge >= 0.3 is 17.9 Å². The van der Waals surface area contributed by atoms with Crippen molar-refractivity contribution in [3.8, 4) is 0 Å². The van der Waals surface area contributed by atoms with Gasteiger partial charge in [-0.05, 0) is 51.4 Å². The van der Waals surface area contributed by atoms with Crippen molar-refractivity contribution in [3.05, 3.63) is 29.1 Å². The number of carbonyl (C=O) groups is 3. The van der Waals surface area contributed by atoms with Gasteiger partial charge in [-0.1, -0.05) is 6.07 Å². The summed E-state index contributed by atoms with van der Waals surface area (Å²) in [5, 5.41) is 33.8. The van der Waals surface area contributed by atoms with Gasteiger partial charge in [0.25, 0.3) is 0 Å². The Kier molecular flexibility index (Phi) is 7.86. The molecule has 0 aromatic carbocycles. The number of nitrogens with zero attached hydrogens (tertiary/aromatic N) is 2. The molecule has 9 heteroatoms. The number of aryl methyl sites for hydroxylation is 2. The van der Waals surface area contributed by atoms with Crippen LogP contribution in [0.1, 0.15) is 48.5 Å². The van der Waals surface area contributed by atoms with Crippen LogP contribution >= 0.6 is 0 Å². The summed E-state index contributed by atoms with van der Waals surface area (Å²) in [5.74, 6) is -5.02. The number of carboxylic acid groups (broad SMARTS) is 3. The third kappa shape index (κ3) is 6.61. The number of hydrogen-bond donors (Lipinski definition) is 4. The Morgan fingerprint density at radius 1 is 1.19 bits per heavy atom. The Morgan fingerprint density at radius 2 is 1.74 bits per heavy atom. The maximum absolute atomic E-state index is 10.3. The smallest absolute Gasteiger partial charge is 0.336 e. The second-order valence-electron chi connectivity index (χ2n) is 6.80. The zero-order chi connectivity index (χ0) is 20.8. The average molecular weight is 382 g/mol. The first-order valence-electron chi connectivity index (χ1n) is 8.49. The number of aromatic nitrogens is 1. The number of pyridine rings is 1. The van der Waals surface area contributed by atoms with Crippen LogP contribution in [0.2, 0.25) is 0 Å². The molecule has 1 atom stereocenters. The first-order valence-corrected chi connectivity index (χ1v) is 8.49. The summed E-state index contributed by atoms with van der Waals surface area (Å²) >= 11 is 0. The van der Waals surface area contributed by atoms with Crippen LogP contribution in [-0.4, -0.2) is 67.4 Å². The third-order valence-corrected chi connectivity index (χ3v) is 4.43. The highest BCUT2D eigenvalue weighted by Gasteiger charge is 2.40. The van der Waals surface area contributed by atoms with E-state index >= 15 is 0 Å². The number of carboxylic acids is 3. The van der Waals surface area contributed by atoms with Crippen LogP contribution in [0.4, 0.5) is 0 Å². The van der Waals surface area contributed by atoms with E-state index in [1.807, 2.05) is 6.20 Å². The highest BCUT2D eigenvalue weighted by molar-refractivity contribution is 5.88. The molecule has 1 saturated heterocycles. The lowest BCUT2D eigenvalue weighted by atomic mass is 9.96. The topological polar surface area (TPSA) is 148 Å². The standard InChI is InChI=1S/C12H18N2.C6H8O7/c1-9-7-11(10(2)13-8-9)12-5-4-6-14(12)3;7-3(8)1-6(13,5(11)12)2-4(9)10/h7-8,12H,4-6H2,1-3H3;13H,1-2H2,(H,7,8)(H,9,10)(H,11,12)/t12-;/m0./s1. The van der Waals surface area contributed by atoms with Gasteiger partial charge in [0, 0.05) is 17.9 Å². The zero-order valence-corrected chi connectivity index (χ0v) is 15.7. The molecule has 150 valence electrons. The van der Waals surface area contributed by atoms with E-state index in [1.54, 1.807) is 0 Å². The van der Waals surface area contributed by atoms with E-state index in [1.165, 1.54) is 36.2 Å². The van der Waals surface area contributed by atoms with Crippen LogP contribution in [0.5, 0.6) is 0 Å². The number of rotatable bonds is 6. The summed E-state index contributed by atoms with van der Waals surface area (Å²) in [6.45, 7) is 5.45. The van der Waals surface area contributed by atoms with Crippen molar-refractivity contribution < 1.29 is 34.8 Å². The minimum atomic E-state index is -2.74. The second kappa shape index (κ2) is 9.43.